The Morgan fingerprint density at radius 1 is 1.38 bits per heavy atom. The zero-order valence-corrected chi connectivity index (χ0v) is 4.13. The summed E-state index contributed by atoms with van der Waals surface area (Å²) in [6.45, 7) is 0. The predicted octanol–water partition coefficient (Wildman–Crippen LogP) is -3.07. The van der Waals surface area contributed by atoms with E-state index in [9.17, 15) is 4.79 Å². The van der Waals surface area contributed by atoms with Crippen LogP contribution in [0.3, 0.4) is 0 Å². The molecule has 0 saturated carbocycles. The first-order valence-electron chi connectivity index (χ1n) is 1.76. The van der Waals surface area contributed by atoms with Crippen LogP contribution in [0.15, 0.2) is 0 Å². The summed E-state index contributed by atoms with van der Waals surface area (Å²) in [5, 5.41) is 0. The Hall–Kier alpha value is -0.690. The lowest BCUT2D eigenvalue weighted by molar-refractivity contribution is -0.150. The molecule has 6 nitrogen and oxygen atoms in total. The van der Waals surface area contributed by atoms with Crippen molar-refractivity contribution in [1.82, 2.24) is 0 Å². The molecular formula is C2H8N4O2. The quantitative estimate of drug-likeness (QED) is 0.214. The van der Waals surface area contributed by atoms with E-state index in [4.69, 9.17) is 17.2 Å². The second kappa shape index (κ2) is 2.05. The first-order chi connectivity index (χ1) is 3.48. The van der Waals surface area contributed by atoms with Gasteiger partial charge in [-0.15, -0.1) is 0 Å². The second-order valence-corrected chi connectivity index (χ2v) is 1.34. The molecule has 0 saturated heterocycles. The minimum atomic E-state index is -1.98. The van der Waals surface area contributed by atoms with Crippen LogP contribution in [0.2, 0.25) is 0 Å². The van der Waals surface area contributed by atoms with Crippen LogP contribution in [-0.4, -0.2) is 11.8 Å². The van der Waals surface area contributed by atoms with Crippen LogP contribution < -0.4 is 23.1 Å². The third kappa shape index (κ3) is 1.85. The lowest BCUT2D eigenvalue weighted by Gasteiger charge is -2.12. The smallest absolute Gasteiger partial charge is 0.370 e. The zero-order chi connectivity index (χ0) is 6.78. The minimum absolute atomic E-state index is 1.06. The minimum Gasteiger partial charge on any atom is -0.370 e. The van der Waals surface area contributed by atoms with Gasteiger partial charge in [-0.05, 0) is 0 Å². The van der Waals surface area contributed by atoms with Crippen LogP contribution in [0.5, 0.6) is 0 Å². The Kier molecular flexibility index (Phi) is 1.88. The number of hydrogen-bond donors (Lipinski definition) is 4. The van der Waals surface area contributed by atoms with Crippen LogP contribution in [0.1, 0.15) is 0 Å². The van der Waals surface area contributed by atoms with Crippen molar-refractivity contribution < 1.29 is 9.63 Å². The molecule has 0 aliphatic heterocycles. The first-order valence-corrected chi connectivity index (χ1v) is 1.76. The molecule has 0 unspecified atom stereocenters. The summed E-state index contributed by atoms with van der Waals surface area (Å²) in [5.41, 5.74) is 14.4. The molecule has 0 atom stereocenters. The van der Waals surface area contributed by atoms with E-state index in [1.54, 1.807) is 0 Å². The summed E-state index contributed by atoms with van der Waals surface area (Å²) in [4.78, 5) is 13.7. The van der Waals surface area contributed by atoms with Gasteiger partial charge in [-0.3, -0.25) is 17.2 Å². The number of nitrogens with two attached hydrogens (primary N) is 4. The Bertz CT molecular complexity index is 94.7. The Balaban J connectivity index is 3.82. The highest BCUT2D eigenvalue weighted by molar-refractivity contribution is 5.78. The molecule has 0 aliphatic carbocycles. The van der Waals surface area contributed by atoms with Crippen LogP contribution in [-0.2, 0) is 9.63 Å². The fraction of sp³-hybridized carbons (Fsp3) is 0.500. The molecule has 0 aliphatic rings. The number of rotatable bonds is 1. The number of carbonyl (C=O) groups excluding carboxylic acids is 1. The van der Waals surface area contributed by atoms with Gasteiger partial charge in [0.1, 0.15) is 0 Å². The van der Waals surface area contributed by atoms with E-state index in [0.29, 0.717) is 0 Å². The fourth-order valence-electron chi connectivity index (χ4n) is 0.102. The highest BCUT2D eigenvalue weighted by Crippen LogP contribution is 1.77. The van der Waals surface area contributed by atoms with Crippen molar-refractivity contribution in [3.05, 3.63) is 0 Å². The third-order valence-corrected chi connectivity index (χ3v) is 0.461. The van der Waals surface area contributed by atoms with Gasteiger partial charge in [-0.25, -0.2) is 4.79 Å². The molecule has 8 heavy (non-hydrogen) atoms. The van der Waals surface area contributed by atoms with Crippen LogP contribution in [0.25, 0.3) is 0 Å². The van der Waals surface area contributed by atoms with Crippen molar-refractivity contribution >= 4 is 5.97 Å². The number of hydrogen-bond acceptors (Lipinski definition) is 6. The molecule has 0 rings (SSSR count). The maximum Gasteiger partial charge on any atom is 0.374 e. The van der Waals surface area contributed by atoms with Crippen LogP contribution >= 0.6 is 0 Å². The molecule has 8 N–H and O–H groups in total. The maximum atomic E-state index is 10.1. The van der Waals surface area contributed by atoms with Crippen molar-refractivity contribution in [2.45, 2.75) is 5.79 Å². The van der Waals surface area contributed by atoms with E-state index in [1.807, 2.05) is 0 Å². The molecule has 0 aromatic carbocycles. The molecular weight excluding hydrogens is 112 g/mol. The van der Waals surface area contributed by atoms with E-state index in [-0.39, 0.29) is 0 Å². The van der Waals surface area contributed by atoms with Crippen molar-refractivity contribution in [3.8, 4) is 0 Å². The standard InChI is InChI=1S/C2H8N4O2/c3-2(4,5)1(7)8-6/h3-6H2. The summed E-state index contributed by atoms with van der Waals surface area (Å²) >= 11 is 0. The van der Waals surface area contributed by atoms with Crippen molar-refractivity contribution in [3.63, 3.8) is 0 Å². The topological polar surface area (TPSA) is 130 Å². The third-order valence-electron chi connectivity index (χ3n) is 0.461. The highest BCUT2D eigenvalue weighted by Gasteiger charge is 2.24. The highest BCUT2D eigenvalue weighted by atomic mass is 16.7. The van der Waals surface area contributed by atoms with Crippen LogP contribution in [0.4, 0.5) is 0 Å². The SMILES string of the molecule is NOC(=O)C(N)(N)N. The largest absolute Gasteiger partial charge is 0.374 e. The van der Waals surface area contributed by atoms with Crippen molar-refractivity contribution in [2.75, 3.05) is 0 Å². The molecule has 0 aromatic heterocycles. The molecule has 48 valence electrons. The van der Waals surface area contributed by atoms with Gasteiger partial charge >= 0.3 is 5.97 Å². The van der Waals surface area contributed by atoms with Gasteiger partial charge in [0.15, 0.2) is 0 Å². The zero-order valence-electron chi connectivity index (χ0n) is 4.13. The van der Waals surface area contributed by atoms with E-state index in [1.165, 1.54) is 0 Å². The lowest BCUT2D eigenvalue weighted by atomic mass is 10.4. The van der Waals surface area contributed by atoms with Crippen LogP contribution in [0, 0.1) is 0 Å². The fourth-order valence-corrected chi connectivity index (χ4v) is 0.102. The summed E-state index contributed by atoms with van der Waals surface area (Å²) in [5.74, 6) is 1.33. The van der Waals surface area contributed by atoms with Gasteiger partial charge in [0.2, 0.25) is 5.79 Å². The molecule has 0 radical (unpaired) electrons. The molecule has 0 amide bonds. The molecule has 0 spiro atoms. The molecule has 6 heteroatoms. The molecule has 0 aromatic rings. The Morgan fingerprint density at radius 2 is 1.75 bits per heavy atom. The van der Waals surface area contributed by atoms with Crippen molar-refractivity contribution in [2.24, 2.45) is 23.1 Å². The first kappa shape index (κ1) is 7.31. The molecule has 0 heterocycles. The molecule has 0 fully saturated rings. The lowest BCUT2D eigenvalue weighted by Crippen LogP contribution is -2.65. The van der Waals surface area contributed by atoms with E-state index in [0.717, 1.165) is 0 Å². The summed E-state index contributed by atoms with van der Waals surface area (Å²) < 4.78 is 0. The Morgan fingerprint density at radius 3 is 1.75 bits per heavy atom. The number of carbonyl (C=O) groups is 1. The van der Waals surface area contributed by atoms with E-state index < -0.39 is 11.8 Å². The van der Waals surface area contributed by atoms with E-state index >= 15 is 0 Å². The van der Waals surface area contributed by atoms with Gasteiger partial charge < -0.3 is 4.84 Å². The van der Waals surface area contributed by atoms with Gasteiger partial charge in [0.25, 0.3) is 0 Å². The second-order valence-electron chi connectivity index (χ2n) is 1.34. The van der Waals surface area contributed by atoms with Gasteiger partial charge in [0.05, 0.1) is 0 Å². The maximum absolute atomic E-state index is 10.1. The summed E-state index contributed by atoms with van der Waals surface area (Å²) in [7, 11) is 0. The van der Waals surface area contributed by atoms with Crippen molar-refractivity contribution in [1.29, 1.82) is 0 Å². The van der Waals surface area contributed by atoms with Gasteiger partial charge in [0, 0.05) is 0 Å². The van der Waals surface area contributed by atoms with Gasteiger partial charge in [-0.1, -0.05) is 0 Å². The average Bonchev–Trinajstić information content (AvgIpc) is 1.62. The van der Waals surface area contributed by atoms with E-state index in [2.05, 4.69) is 10.7 Å². The summed E-state index contributed by atoms with van der Waals surface area (Å²) in [6, 6.07) is 0. The summed E-state index contributed by atoms with van der Waals surface area (Å²) in [6.07, 6.45) is 0. The van der Waals surface area contributed by atoms with Gasteiger partial charge in [-0.2, -0.15) is 5.90 Å². The Labute approximate surface area is 45.7 Å². The monoisotopic (exact) mass is 120 g/mol. The molecule has 0 bridgehead atoms. The normalized spacial score (nSPS) is 11.0. The predicted molar refractivity (Wildman–Crippen MR) is 25.6 cm³/mol. The average molecular weight is 120 g/mol.